The normalized spacial score (nSPS) is 12.5. The third-order valence-corrected chi connectivity index (χ3v) is 3.35. The highest BCUT2D eigenvalue weighted by Gasteiger charge is 2.23. The highest BCUT2D eigenvalue weighted by Crippen LogP contribution is 2.22. The van der Waals surface area contributed by atoms with E-state index in [2.05, 4.69) is 6.92 Å². The first kappa shape index (κ1) is 15.7. The van der Waals surface area contributed by atoms with Crippen molar-refractivity contribution < 1.29 is 4.79 Å². The number of hydrogen-bond donors (Lipinski definition) is 1. The molecule has 0 radical (unpaired) electrons. The van der Waals surface area contributed by atoms with Crippen LogP contribution >= 0.6 is 0 Å². The molecule has 0 saturated heterocycles. The number of hydrogen-bond acceptors (Lipinski definition) is 2. The summed E-state index contributed by atoms with van der Waals surface area (Å²) in [4.78, 5) is 14.4. The number of nitrogens with zero attached hydrogens (tertiary/aromatic N) is 1. The zero-order valence-electron chi connectivity index (χ0n) is 12.5. The molecule has 2 N–H and O–H groups in total. The van der Waals surface area contributed by atoms with Crippen LogP contribution in [0.4, 0.5) is 5.69 Å². The molecule has 0 aromatic heterocycles. The molecule has 0 aliphatic carbocycles. The summed E-state index contributed by atoms with van der Waals surface area (Å²) in [5.74, 6) is 0.277. The predicted molar refractivity (Wildman–Crippen MR) is 81.0 cm³/mol. The van der Waals surface area contributed by atoms with Crippen molar-refractivity contribution in [1.29, 1.82) is 0 Å². The molecule has 0 aliphatic heterocycles. The Balaban J connectivity index is 2.96. The second kappa shape index (κ2) is 7.29. The Morgan fingerprint density at radius 1 is 1.21 bits per heavy atom. The topological polar surface area (TPSA) is 46.3 Å². The quantitative estimate of drug-likeness (QED) is 0.854. The molecule has 1 aromatic carbocycles. The lowest BCUT2D eigenvalue weighted by Gasteiger charge is -2.29. The van der Waals surface area contributed by atoms with E-state index >= 15 is 0 Å². The van der Waals surface area contributed by atoms with Gasteiger partial charge in [-0.05, 0) is 38.0 Å². The van der Waals surface area contributed by atoms with Crippen molar-refractivity contribution in [3.8, 4) is 0 Å². The second-order valence-corrected chi connectivity index (χ2v) is 5.36. The first-order valence-corrected chi connectivity index (χ1v) is 7.13. The zero-order chi connectivity index (χ0) is 14.4. The summed E-state index contributed by atoms with van der Waals surface area (Å²) >= 11 is 0. The summed E-state index contributed by atoms with van der Waals surface area (Å²) in [6.07, 6.45) is 1.97. The number of carbonyl (C=O) groups is 1. The van der Waals surface area contributed by atoms with Gasteiger partial charge in [-0.3, -0.25) is 4.79 Å². The lowest BCUT2D eigenvalue weighted by molar-refractivity contribution is -0.122. The summed E-state index contributed by atoms with van der Waals surface area (Å²) < 4.78 is 0. The Bertz CT molecular complexity index is 398. The smallest absolute Gasteiger partial charge is 0.230 e. The number of amides is 1. The average Bonchev–Trinajstić information content (AvgIpc) is 2.39. The lowest BCUT2D eigenvalue weighted by Crippen LogP contribution is -2.40. The number of benzene rings is 1. The summed E-state index contributed by atoms with van der Waals surface area (Å²) in [7, 11) is 0. The highest BCUT2D eigenvalue weighted by molar-refractivity contribution is 5.95. The molecule has 0 aliphatic rings. The van der Waals surface area contributed by atoms with Gasteiger partial charge < -0.3 is 10.6 Å². The number of carbonyl (C=O) groups excluding carboxylic acids is 1. The Morgan fingerprint density at radius 3 is 2.21 bits per heavy atom. The van der Waals surface area contributed by atoms with Gasteiger partial charge in [0.2, 0.25) is 5.91 Å². The maximum absolute atomic E-state index is 12.5. The van der Waals surface area contributed by atoms with Gasteiger partial charge in [-0.15, -0.1) is 0 Å². The third-order valence-electron chi connectivity index (χ3n) is 3.35. The summed E-state index contributed by atoms with van der Waals surface area (Å²) in [5.41, 5.74) is 7.65. The minimum atomic E-state index is 0.0709. The van der Waals surface area contributed by atoms with E-state index in [4.69, 9.17) is 5.73 Å². The van der Waals surface area contributed by atoms with Crippen molar-refractivity contribution in [2.45, 2.75) is 53.1 Å². The first-order chi connectivity index (χ1) is 9.01. The van der Waals surface area contributed by atoms with Crippen molar-refractivity contribution in [1.82, 2.24) is 0 Å². The van der Waals surface area contributed by atoms with E-state index in [1.54, 1.807) is 0 Å². The molecule has 1 unspecified atom stereocenters. The SMILES string of the molecule is CCCC(C)C(=O)N(c1ccc(CN)cc1)C(C)C. The molecule has 106 valence electrons. The van der Waals surface area contributed by atoms with Gasteiger partial charge in [0.1, 0.15) is 0 Å². The van der Waals surface area contributed by atoms with E-state index < -0.39 is 0 Å². The number of anilines is 1. The Morgan fingerprint density at radius 2 is 1.79 bits per heavy atom. The van der Waals surface area contributed by atoms with E-state index in [0.717, 1.165) is 24.1 Å². The largest absolute Gasteiger partial charge is 0.326 e. The van der Waals surface area contributed by atoms with Crippen LogP contribution in [-0.2, 0) is 11.3 Å². The van der Waals surface area contributed by atoms with Crippen molar-refractivity contribution >= 4 is 11.6 Å². The molecular formula is C16H26N2O. The molecular weight excluding hydrogens is 236 g/mol. The second-order valence-electron chi connectivity index (χ2n) is 5.36. The molecule has 1 aromatic rings. The van der Waals surface area contributed by atoms with Crippen LogP contribution in [0.25, 0.3) is 0 Å². The molecule has 1 rings (SSSR count). The average molecular weight is 262 g/mol. The van der Waals surface area contributed by atoms with Gasteiger partial charge in [0, 0.05) is 24.2 Å². The highest BCUT2D eigenvalue weighted by atomic mass is 16.2. The van der Waals surface area contributed by atoms with Crippen LogP contribution in [0.1, 0.15) is 46.1 Å². The molecule has 3 heteroatoms. The number of rotatable bonds is 6. The summed E-state index contributed by atoms with van der Waals surface area (Å²) in [6, 6.07) is 8.11. The van der Waals surface area contributed by atoms with Crippen molar-refractivity contribution in [2.75, 3.05) is 4.90 Å². The molecule has 0 spiro atoms. The van der Waals surface area contributed by atoms with Crippen LogP contribution in [0.2, 0.25) is 0 Å². The van der Waals surface area contributed by atoms with Gasteiger partial charge in [-0.25, -0.2) is 0 Å². The van der Waals surface area contributed by atoms with E-state index in [1.165, 1.54) is 0 Å². The molecule has 0 heterocycles. The van der Waals surface area contributed by atoms with Crippen molar-refractivity contribution in [2.24, 2.45) is 11.7 Å². The summed E-state index contributed by atoms with van der Waals surface area (Å²) in [6.45, 7) is 8.75. The Hall–Kier alpha value is -1.35. The molecule has 0 fully saturated rings. The van der Waals surface area contributed by atoms with Crippen molar-refractivity contribution in [3.05, 3.63) is 29.8 Å². The molecule has 3 nitrogen and oxygen atoms in total. The monoisotopic (exact) mass is 262 g/mol. The first-order valence-electron chi connectivity index (χ1n) is 7.13. The van der Waals surface area contributed by atoms with Gasteiger partial charge >= 0.3 is 0 Å². The molecule has 1 atom stereocenters. The fourth-order valence-electron chi connectivity index (χ4n) is 2.27. The number of nitrogens with two attached hydrogens (primary N) is 1. The van der Waals surface area contributed by atoms with Crippen LogP contribution in [0.3, 0.4) is 0 Å². The van der Waals surface area contributed by atoms with Crippen molar-refractivity contribution in [3.63, 3.8) is 0 Å². The predicted octanol–water partition coefficient (Wildman–Crippen LogP) is 3.32. The van der Waals surface area contributed by atoms with Gasteiger partial charge in [-0.2, -0.15) is 0 Å². The van der Waals surface area contributed by atoms with Gasteiger partial charge in [0.15, 0.2) is 0 Å². The minimum Gasteiger partial charge on any atom is -0.326 e. The molecule has 0 bridgehead atoms. The third kappa shape index (κ3) is 4.06. The molecule has 0 saturated carbocycles. The van der Waals surface area contributed by atoms with Gasteiger partial charge in [-0.1, -0.05) is 32.4 Å². The summed E-state index contributed by atoms with van der Waals surface area (Å²) in [5, 5.41) is 0. The maximum Gasteiger partial charge on any atom is 0.230 e. The van der Waals surface area contributed by atoms with Crippen LogP contribution in [0.5, 0.6) is 0 Å². The van der Waals surface area contributed by atoms with E-state index in [9.17, 15) is 4.79 Å². The minimum absolute atomic E-state index is 0.0709. The molecule has 19 heavy (non-hydrogen) atoms. The van der Waals surface area contributed by atoms with Crippen LogP contribution in [0.15, 0.2) is 24.3 Å². The van der Waals surface area contributed by atoms with E-state index in [1.807, 2.05) is 49.9 Å². The van der Waals surface area contributed by atoms with Crippen LogP contribution in [0, 0.1) is 5.92 Å². The van der Waals surface area contributed by atoms with Crippen LogP contribution in [-0.4, -0.2) is 11.9 Å². The van der Waals surface area contributed by atoms with Gasteiger partial charge in [0.05, 0.1) is 0 Å². The standard InChI is InChI=1S/C16H26N2O/c1-5-6-13(4)16(19)18(12(2)3)15-9-7-14(11-17)8-10-15/h7-10,12-13H,5-6,11,17H2,1-4H3. The lowest BCUT2D eigenvalue weighted by atomic mass is 10.0. The Kier molecular flexibility index (Phi) is 6.03. The van der Waals surface area contributed by atoms with Gasteiger partial charge in [0.25, 0.3) is 0 Å². The maximum atomic E-state index is 12.5. The van der Waals surface area contributed by atoms with E-state index in [0.29, 0.717) is 6.54 Å². The fraction of sp³-hybridized carbons (Fsp3) is 0.562. The van der Waals surface area contributed by atoms with Crippen LogP contribution < -0.4 is 10.6 Å². The fourth-order valence-corrected chi connectivity index (χ4v) is 2.27. The molecule has 1 amide bonds. The zero-order valence-corrected chi connectivity index (χ0v) is 12.5. The Labute approximate surface area is 116 Å². The van der Waals surface area contributed by atoms with E-state index in [-0.39, 0.29) is 17.9 Å².